The molecule has 0 atom stereocenters. The normalized spacial score (nSPS) is 10.5. The third-order valence-electron chi connectivity index (χ3n) is 4.35. The van der Waals surface area contributed by atoms with Gasteiger partial charge in [0, 0.05) is 31.0 Å². The van der Waals surface area contributed by atoms with Crippen LogP contribution in [0.4, 0.5) is 4.39 Å². The van der Waals surface area contributed by atoms with E-state index in [9.17, 15) is 9.18 Å². The standard InChI is InChI=1S/C22H21FN2O/c1-17-7-8-20(23)15-21(17)22(26)25(16-19-9-12-24-13-10-19)14-11-18-5-3-2-4-6-18/h2-10,12-13,15H,11,14,16H2,1H3. The first-order valence-electron chi connectivity index (χ1n) is 8.62. The zero-order chi connectivity index (χ0) is 18.4. The number of pyridine rings is 1. The van der Waals surface area contributed by atoms with Crippen LogP contribution in [-0.2, 0) is 13.0 Å². The predicted molar refractivity (Wildman–Crippen MR) is 100 cm³/mol. The first-order chi connectivity index (χ1) is 12.6. The Morgan fingerprint density at radius 1 is 1.00 bits per heavy atom. The molecule has 1 amide bonds. The van der Waals surface area contributed by atoms with E-state index in [1.165, 1.54) is 12.1 Å². The molecule has 2 aromatic carbocycles. The molecule has 0 unspecified atom stereocenters. The van der Waals surface area contributed by atoms with E-state index < -0.39 is 5.82 Å². The topological polar surface area (TPSA) is 33.2 Å². The Kier molecular flexibility index (Phi) is 5.74. The monoisotopic (exact) mass is 348 g/mol. The second-order valence-corrected chi connectivity index (χ2v) is 6.28. The van der Waals surface area contributed by atoms with E-state index in [0.717, 1.165) is 23.1 Å². The molecular weight excluding hydrogens is 327 g/mol. The minimum Gasteiger partial charge on any atom is -0.334 e. The van der Waals surface area contributed by atoms with Crippen molar-refractivity contribution in [3.05, 3.63) is 101 Å². The SMILES string of the molecule is Cc1ccc(F)cc1C(=O)N(CCc1ccccc1)Cc1ccncc1. The van der Waals surface area contributed by atoms with Gasteiger partial charge in [-0.25, -0.2) is 4.39 Å². The average Bonchev–Trinajstić information content (AvgIpc) is 2.68. The highest BCUT2D eigenvalue weighted by Gasteiger charge is 2.18. The van der Waals surface area contributed by atoms with Gasteiger partial charge < -0.3 is 4.90 Å². The van der Waals surface area contributed by atoms with Crippen molar-refractivity contribution >= 4 is 5.91 Å². The van der Waals surface area contributed by atoms with Gasteiger partial charge in [0.2, 0.25) is 0 Å². The van der Waals surface area contributed by atoms with E-state index in [2.05, 4.69) is 4.98 Å². The number of nitrogens with zero attached hydrogens (tertiary/aromatic N) is 2. The Morgan fingerprint density at radius 2 is 1.73 bits per heavy atom. The van der Waals surface area contributed by atoms with E-state index in [1.54, 1.807) is 23.4 Å². The van der Waals surface area contributed by atoms with Gasteiger partial charge in [0.05, 0.1) is 0 Å². The third kappa shape index (κ3) is 4.54. The summed E-state index contributed by atoms with van der Waals surface area (Å²) in [4.78, 5) is 18.9. The molecule has 1 aromatic heterocycles. The van der Waals surface area contributed by atoms with Gasteiger partial charge in [-0.05, 0) is 54.3 Å². The van der Waals surface area contributed by atoms with E-state index in [0.29, 0.717) is 18.7 Å². The predicted octanol–water partition coefficient (Wildman–Crippen LogP) is 4.41. The van der Waals surface area contributed by atoms with Gasteiger partial charge in [-0.3, -0.25) is 9.78 Å². The third-order valence-corrected chi connectivity index (χ3v) is 4.35. The summed E-state index contributed by atoms with van der Waals surface area (Å²) in [5, 5.41) is 0. The van der Waals surface area contributed by atoms with Crippen molar-refractivity contribution in [2.24, 2.45) is 0 Å². The van der Waals surface area contributed by atoms with Crippen LogP contribution in [0.5, 0.6) is 0 Å². The number of hydrogen-bond donors (Lipinski definition) is 0. The molecule has 0 spiro atoms. The molecule has 0 bridgehead atoms. The summed E-state index contributed by atoms with van der Waals surface area (Å²) in [5.74, 6) is -0.555. The molecule has 4 heteroatoms. The van der Waals surface area contributed by atoms with Gasteiger partial charge in [-0.15, -0.1) is 0 Å². The number of rotatable bonds is 6. The van der Waals surface area contributed by atoms with Crippen molar-refractivity contribution in [3.63, 3.8) is 0 Å². The van der Waals surface area contributed by atoms with Gasteiger partial charge in [-0.2, -0.15) is 0 Å². The molecule has 132 valence electrons. The van der Waals surface area contributed by atoms with Gasteiger partial charge >= 0.3 is 0 Å². The Labute approximate surface area is 153 Å². The maximum absolute atomic E-state index is 13.7. The van der Waals surface area contributed by atoms with Crippen molar-refractivity contribution in [2.75, 3.05) is 6.54 Å². The van der Waals surface area contributed by atoms with Crippen LogP contribution >= 0.6 is 0 Å². The molecule has 0 aliphatic carbocycles. The minimum absolute atomic E-state index is 0.158. The molecule has 3 aromatic rings. The van der Waals surface area contributed by atoms with Crippen LogP contribution in [0.15, 0.2) is 73.1 Å². The van der Waals surface area contributed by atoms with Crippen molar-refractivity contribution in [2.45, 2.75) is 19.9 Å². The van der Waals surface area contributed by atoms with Gasteiger partial charge in [0.1, 0.15) is 5.82 Å². The highest BCUT2D eigenvalue weighted by molar-refractivity contribution is 5.95. The number of amides is 1. The summed E-state index contributed by atoms with van der Waals surface area (Å²) < 4.78 is 13.7. The Bertz CT molecular complexity index is 866. The second kappa shape index (κ2) is 8.39. The molecule has 0 aliphatic heterocycles. The Hall–Kier alpha value is -3.01. The van der Waals surface area contributed by atoms with Crippen molar-refractivity contribution in [1.29, 1.82) is 0 Å². The summed E-state index contributed by atoms with van der Waals surface area (Å²) in [6.45, 7) is 2.85. The largest absolute Gasteiger partial charge is 0.334 e. The summed E-state index contributed by atoms with van der Waals surface area (Å²) in [6, 6.07) is 18.2. The molecule has 0 radical (unpaired) electrons. The van der Waals surface area contributed by atoms with E-state index in [-0.39, 0.29) is 5.91 Å². The fourth-order valence-corrected chi connectivity index (χ4v) is 2.86. The summed E-state index contributed by atoms with van der Waals surface area (Å²) in [5.41, 5.74) is 3.34. The number of aryl methyl sites for hydroxylation is 1. The summed E-state index contributed by atoms with van der Waals surface area (Å²) in [6.07, 6.45) is 4.16. The van der Waals surface area contributed by atoms with Crippen LogP contribution < -0.4 is 0 Å². The summed E-state index contributed by atoms with van der Waals surface area (Å²) in [7, 11) is 0. The van der Waals surface area contributed by atoms with Crippen LogP contribution in [-0.4, -0.2) is 22.3 Å². The minimum atomic E-state index is -0.397. The molecule has 0 fully saturated rings. The molecule has 3 rings (SSSR count). The maximum atomic E-state index is 13.7. The van der Waals surface area contributed by atoms with Gasteiger partial charge in [-0.1, -0.05) is 36.4 Å². The molecule has 26 heavy (non-hydrogen) atoms. The van der Waals surface area contributed by atoms with Crippen LogP contribution in [0.3, 0.4) is 0 Å². The number of hydrogen-bond acceptors (Lipinski definition) is 2. The fraction of sp³-hybridized carbons (Fsp3) is 0.182. The Balaban J connectivity index is 1.83. The van der Waals surface area contributed by atoms with Crippen molar-refractivity contribution in [3.8, 4) is 0 Å². The number of carbonyl (C=O) groups is 1. The lowest BCUT2D eigenvalue weighted by atomic mass is 10.1. The van der Waals surface area contributed by atoms with E-state index in [4.69, 9.17) is 0 Å². The van der Waals surface area contributed by atoms with Gasteiger partial charge in [0.15, 0.2) is 0 Å². The molecule has 1 heterocycles. The molecule has 0 saturated heterocycles. The van der Waals surface area contributed by atoms with Crippen LogP contribution in [0.25, 0.3) is 0 Å². The van der Waals surface area contributed by atoms with Crippen molar-refractivity contribution < 1.29 is 9.18 Å². The number of benzene rings is 2. The average molecular weight is 348 g/mol. The highest BCUT2D eigenvalue weighted by atomic mass is 19.1. The molecule has 0 saturated carbocycles. The fourth-order valence-electron chi connectivity index (χ4n) is 2.86. The number of carbonyl (C=O) groups excluding carboxylic acids is 1. The lowest BCUT2D eigenvalue weighted by Crippen LogP contribution is -2.33. The summed E-state index contributed by atoms with van der Waals surface area (Å²) >= 11 is 0. The van der Waals surface area contributed by atoms with E-state index in [1.807, 2.05) is 49.4 Å². The first-order valence-corrected chi connectivity index (χ1v) is 8.62. The smallest absolute Gasteiger partial charge is 0.254 e. The lowest BCUT2D eigenvalue weighted by Gasteiger charge is -2.24. The second-order valence-electron chi connectivity index (χ2n) is 6.28. The zero-order valence-corrected chi connectivity index (χ0v) is 14.7. The quantitative estimate of drug-likeness (QED) is 0.661. The van der Waals surface area contributed by atoms with Crippen molar-refractivity contribution in [1.82, 2.24) is 9.88 Å². The Morgan fingerprint density at radius 3 is 2.46 bits per heavy atom. The number of halogens is 1. The lowest BCUT2D eigenvalue weighted by molar-refractivity contribution is 0.0744. The molecule has 0 aliphatic rings. The highest BCUT2D eigenvalue weighted by Crippen LogP contribution is 2.16. The maximum Gasteiger partial charge on any atom is 0.254 e. The van der Waals surface area contributed by atoms with E-state index >= 15 is 0 Å². The molecule has 0 N–H and O–H groups in total. The van der Waals surface area contributed by atoms with Crippen LogP contribution in [0, 0.1) is 12.7 Å². The van der Waals surface area contributed by atoms with Crippen LogP contribution in [0.2, 0.25) is 0 Å². The zero-order valence-electron chi connectivity index (χ0n) is 14.7. The molecular formula is C22H21FN2O. The first kappa shape index (κ1) is 17.8. The number of aromatic nitrogens is 1. The van der Waals surface area contributed by atoms with Gasteiger partial charge in [0.25, 0.3) is 5.91 Å². The van der Waals surface area contributed by atoms with Crippen LogP contribution in [0.1, 0.15) is 27.0 Å². The molecule has 3 nitrogen and oxygen atoms in total.